The van der Waals surface area contributed by atoms with Crippen molar-refractivity contribution in [2.24, 2.45) is 15.7 Å². The Morgan fingerprint density at radius 3 is 1.84 bits per heavy atom. The number of alkyl halides is 6. The van der Waals surface area contributed by atoms with Crippen LogP contribution >= 0.6 is 0 Å². The summed E-state index contributed by atoms with van der Waals surface area (Å²) in [6, 6.07) is 1.24. The zero-order chi connectivity index (χ0) is 29.7. The highest BCUT2D eigenvalue weighted by atomic mass is 19.4. The summed E-state index contributed by atoms with van der Waals surface area (Å²) in [5.41, 5.74) is 3.29. The second kappa shape index (κ2) is 15.7. The van der Waals surface area contributed by atoms with E-state index in [1.165, 1.54) is 20.2 Å². The number of rotatable bonds is 7. The lowest BCUT2D eigenvalue weighted by atomic mass is 9.99. The van der Waals surface area contributed by atoms with Gasteiger partial charge in [0, 0.05) is 30.0 Å². The van der Waals surface area contributed by atoms with Crippen LogP contribution in [0.2, 0.25) is 0 Å². The largest absolute Gasteiger partial charge is 0.416 e. The highest BCUT2D eigenvalue weighted by Crippen LogP contribution is 2.36. The van der Waals surface area contributed by atoms with Crippen molar-refractivity contribution in [3.63, 3.8) is 0 Å². The van der Waals surface area contributed by atoms with E-state index in [2.05, 4.69) is 9.98 Å². The first-order valence-corrected chi connectivity index (χ1v) is 11.5. The number of hydrogen-bond donors (Lipinski definition) is 1. The maximum absolute atomic E-state index is 14.2. The fourth-order valence-corrected chi connectivity index (χ4v) is 2.87. The van der Waals surface area contributed by atoms with E-state index >= 15 is 0 Å². The number of carbonyl (C=O) groups is 1. The minimum absolute atomic E-state index is 0.0619. The standard InChI is InChI=1S/C15H22FNO.C12H10F6N2/c1-5-8-10-12(14(16)11(4)7-3)13(9-6-2)15(17)18;1-3-20-10(19-2)7-4-8(11(13,14)15)6-9(5-7)12(16,17)18/h5,8-10H,6-7H2,1-4H3,(H2,17,18);3-6H,1-2H3/b8-5-,12-10-,13-9+,14-11-;. The van der Waals surface area contributed by atoms with Crippen LogP contribution < -0.4 is 5.73 Å². The summed E-state index contributed by atoms with van der Waals surface area (Å²) < 4.78 is 90.1. The van der Waals surface area contributed by atoms with Gasteiger partial charge < -0.3 is 5.73 Å². The van der Waals surface area contributed by atoms with Gasteiger partial charge in [-0.15, -0.1) is 0 Å². The van der Waals surface area contributed by atoms with E-state index in [1.54, 1.807) is 31.2 Å². The molecule has 0 unspecified atom stereocenters. The SMILES string of the molecule is CC=NC(=NC)c1cc(C(F)(F)F)cc(C(F)(F)F)c1.C\C=C/C=C(C(\F)=C(/C)CC)/C(=C\CC)C(N)=O. The van der Waals surface area contributed by atoms with Gasteiger partial charge in [0.1, 0.15) is 5.83 Å². The Labute approximate surface area is 218 Å². The summed E-state index contributed by atoms with van der Waals surface area (Å²) in [7, 11) is 1.23. The van der Waals surface area contributed by atoms with Crippen molar-refractivity contribution in [3.8, 4) is 0 Å². The molecule has 1 aromatic rings. The molecule has 1 rings (SSSR count). The highest BCUT2D eigenvalue weighted by Gasteiger charge is 2.37. The molecule has 0 bridgehead atoms. The minimum atomic E-state index is -4.88. The molecule has 0 aliphatic heterocycles. The molecule has 0 fully saturated rings. The fraction of sp³-hybridized carbons (Fsp3) is 0.370. The maximum Gasteiger partial charge on any atom is 0.416 e. The Bertz CT molecular complexity index is 1100. The van der Waals surface area contributed by atoms with Gasteiger partial charge in [-0.2, -0.15) is 26.3 Å². The van der Waals surface area contributed by atoms with Crippen molar-refractivity contribution in [2.45, 2.75) is 59.8 Å². The number of amidine groups is 1. The first-order valence-electron chi connectivity index (χ1n) is 11.5. The van der Waals surface area contributed by atoms with E-state index in [0.717, 1.165) is 0 Å². The average molecular weight is 548 g/mol. The van der Waals surface area contributed by atoms with Crippen molar-refractivity contribution in [1.82, 2.24) is 0 Å². The smallest absolute Gasteiger partial charge is 0.366 e. The van der Waals surface area contributed by atoms with Gasteiger partial charge >= 0.3 is 12.4 Å². The molecule has 0 aromatic heterocycles. The molecular formula is C27H32F7N3O. The lowest BCUT2D eigenvalue weighted by Gasteiger charge is -2.13. The number of carbonyl (C=O) groups excluding carboxylic acids is 1. The second-order valence-electron chi connectivity index (χ2n) is 7.67. The zero-order valence-corrected chi connectivity index (χ0v) is 22.1. The molecule has 11 heteroatoms. The summed E-state index contributed by atoms with van der Waals surface area (Å²) in [4.78, 5) is 18.6. The topological polar surface area (TPSA) is 67.8 Å². The Balaban J connectivity index is 0.000000726. The van der Waals surface area contributed by atoms with Gasteiger partial charge in [-0.3, -0.25) is 9.79 Å². The Morgan fingerprint density at radius 1 is 0.974 bits per heavy atom. The number of allylic oxidation sites excluding steroid dienone is 6. The molecule has 0 saturated heterocycles. The third-order valence-electron chi connectivity index (χ3n) is 4.87. The molecule has 0 atom stereocenters. The number of primary amides is 1. The number of halogens is 7. The van der Waals surface area contributed by atoms with Crippen LogP contribution in [0.5, 0.6) is 0 Å². The van der Waals surface area contributed by atoms with E-state index in [4.69, 9.17) is 5.73 Å². The van der Waals surface area contributed by atoms with Gasteiger partial charge in [0.2, 0.25) is 5.91 Å². The summed E-state index contributed by atoms with van der Waals surface area (Å²) in [6.07, 6.45) is -0.600. The molecule has 0 radical (unpaired) electrons. The molecule has 0 spiro atoms. The van der Waals surface area contributed by atoms with Gasteiger partial charge in [0.25, 0.3) is 0 Å². The molecule has 0 aliphatic rings. The molecule has 1 aromatic carbocycles. The Hall–Kier alpha value is -3.50. The molecular weight excluding hydrogens is 515 g/mol. The number of aliphatic imine (C=N–C) groups is 2. The first kappa shape index (κ1) is 34.5. The van der Waals surface area contributed by atoms with Crippen LogP contribution in [0.1, 0.15) is 64.2 Å². The number of hydrogen-bond acceptors (Lipinski definition) is 2. The van der Waals surface area contributed by atoms with Crippen molar-refractivity contribution >= 4 is 18.0 Å². The second-order valence-corrected chi connectivity index (χ2v) is 7.67. The van der Waals surface area contributed by atoms with E-state index in [9.17, 15) is 35.5 Å². The minimum Gasteiger partial charge on any atom is -0.366 e. The first-order chi connectivity index (χ1) is 17.6. The van der Waals surface area contributed by atoms with E-state index in [1.807, 2.05) is 20.8 Å². The van der Waals surface area contributed by atoms with E-state index in [-0.39, 0.29) is 34.4 Å². The van der Waals surface area contributed by atoms with Crippen LogP contribution in [0.25, 0.3) is 0 Å². The van der Waals surface area contributed by atoms with E-state index < -0.39 is 29.4 Å². The molecule has 2 N–H and O–H groups in total. The van der Waals surface area contributed by atoms with Crippen molar-refractivity contribution in [2.75, 3.05) is 7.05 Å². The predicted octanol–water partition coefficient (Wildman–Crippen LogP) is 8.16. The summed E-state index contributed by atoms with van der Waals surface area (Å²) in [6.45, 7) is 8.77. The quantitative estimate of drug-likeness (QED) is 0.121. The van der Waals surface area contributed by atoms with Crippen LogP contribution in [-0.2, 0) is 17.1 Å². The number of nitrogens with two attached hydrogens (primary N) is 1. The third kappa shape index (κ3) is 10.9. The molecule has 38 heavy (non-hydrogen) atoms. The van der Waals surface area contributed by atoms with Gasteiger partial charge in [-0.1, -0.05) is 38.2 Å². The summed E-state index contributed by atoms with van der Waals surface area (Å²) >= 11 is 0. The lowest BCUT2D eigenvalue weighted by molar-refractivity contribution is -0.143. The molecule has 1 amide bonds. The van der Waals surface area contributed by atoms with Gasteiger partial charge in [-0.25, -0.2) is 9.38 Å². The maximum atomic E-state index is 14.2. The average Bonchev–Trinajstić information content (AvgIpc) is 2.84. The summed E-state index contributed by atoms with van der Waals surface area (Å²) in [5, 5.41) is 0. The predicted molar refractivity (Wildman–Crippen MR) is 138 cm³/mol. The van der Waals surface area contributed by atoms with Crippen LogP contribution in [0, 0.1) is 0 Å². The molecule has 210 valence electrons. The van der Waals surface area contributed by atoms with Crippen LogP contribution in [-0.4, -0.2) is 25.0 Å². The van der Waals surface area contributed by atoms with Crippen LogP contribution in [0.15, 0.2) is 75.0 Å². The highest BCUT2D eigenvalue weighted by molar-refractivity contribution is 6.03. The monoisotopic (exact) mass is 547 g/mol. The lowest BCUT2D eigenvalue weighted by Crippen LogP contribution is -2.16. The van der Waals surface area contributed by atoms with Crippen molar-refractivity contribution in [1.29, 1.82) is 0 Å². The van der Waals surface area contributed by atoms with Crippen molar-refractivity contribution < 1.29 is 35.5 Å². The number of amides is 1. The van der Waals surface area contributed by atoms with Crippen LogP contribution in [0.4, 0.5) is 30.7 Å². The molecule has 0 saturated carbocycles. The molecule has 0 heterocycles. The number of nitrogens with zero attached hydrogens (tertiary/aromatic N) is 2. The molecule has 4 nitrogen and oxygen atoms in total. The van der Waals surface area contributed by atoms with Gasteiger partial charge in [0.15, 0.2) is 5.84 Å². The van der Waals surface area contributed by atoms with Crippen molar-refractivity contribution in [3.05, 3.63) is 81.7 Å². The summed E-state index contributed by atoms with van der Waals surface area (Å²) in [5.74, 6) is -1.18. The Morgan fingerprint density at radius 2 is 1.50 bits per heavy atom. The zero-order valence-electron chi connectivity index (χ0n) is 22.1. The third-order valence-corrected chi connectivity index (χ3v) is 4.87. The Kier molecular flexibility index (Phi) is 14.2. The van der Waals surface area contributed by atoms with Gasteiger partial charge in [0.05, 0.1) is 11.1 Å². The number of benzene rings is 1. The normalized spacial score (nSPS) is 14.5. The molecule has 0 aliphatic carbocycles. The fourth-order valence-electron chi connectivity index (χ4n) is 2.87. The van der Waals surface area contributed by atoms with E-state index in [0.29, 0.717) is 30.5 Å². The van der Waals surface area contributed by atoms with Gasteiger partial charge in [-0.05, 0) is 57.4 Å². The van der Waals surface area contributed by atoms with Crippen LogP contribution in [0.3, 0.4) is 0 Å².